The van der Waals surface area contributed by atoms with Crippen molar-refractivity contribution in [1.29, 1.82) is 0 Å². The number of urea groups is 1. The average molecular weight is 209 g/mol. The zero-order valence-electron chi connectivity index (χ0n) is 7.74. The van der Waals surface area contributed by atoms with Crippen molar-refractivity contribution in [2.24, 2.45) is 0 Å². The van der Waals surface area contributed by atoms with Crippen molar-refractivity contribution >= 4 is 11.9 Å². The van der Waals surface area contributed by atoms with E-state index in [4.69, 9.17) is 0 Å². The van der Waals surface area contributed by atoms with E-state index in [9.17, 15) is 14.0 Å². The average Bonchev–Trinajstić information content (AvgIpc) is 2.45. The SMILES string of the molecule is O=C1CN(Cc2cncc(F)c2)C(=O)N1. The Kier molecular flexibility index (Phi) is 2.32. The number of nitrogens with zero attached hydrogens (tertiary/aromatic N) is 2. The second-order valence-corrected chi connectivity index (χ2v) is 3.22. The van der Waals surface area contributed by atoms with Crippen LogP contribution in [-0.2, 0) is 11.3 Å². The van der Waals surface area contributed by atoms with Crippen molar-refractivity contribution in [3.05, 3.63) is 29.8 Å². The number of carbonyl (C=O) groups excluding carboxylic acids is 2. The van der Waals surface area contributed by atoms with Gasteiger partial charge in [-0.05, 0) is 11.6 Å². The fourth-order valence-electron chi connectivity index (χ4n) is 1.37. The number of nitrogens with one attached hydrogen (secondary N) is 1. The number of aromatic nitrogens is 1. The first-order chi connectivity index (χ1) is 7.15. The molecule has 1 aliphatic rings. The molecule has 0 aromatic carbocycles. The molecule has 0 radical (unpaired) electrons. The Hall–Kier alpha value is -1.98. The van der Waals surface area contributed by atoms with Crippen molar-refractivity contribution in [2.45, 2.75) is 6.54 Å². The van der Waals surface area contributed by atoms with Gasteiger partial charge in [-0.25, -0.2) is 9.18 Å². The molecule has 1 saturated heterocycles. The Balaban J connectivity index is 2.09. The maximum absolute atomic E-state index is 12.8. The molecule has 0 saturated carbocycles. The molecule has 2 heterocycles. The van der Waals surface area contributed by atoms with E-state index in [0.717, 1.165) is 6.20 Å². The number of imide groups is 1. The normalized spacial score (nSPS) is 15.7. The lowest BCUT2D eigenvalue weighted by atomic mass is 10.2. The summed E-state index contributed by atoms with van der Waals surface area (Å²) >= 11 is 0. The fourth-order valence-corrected chi connectivity index (χ4v) is 1.37. The van der Waals surface area contributed by atoms with Crippen molar-refractivity contribution < 1.29 is 14.0 Å². The van der Waals surface area contributed by atoms with Gasteiger partial charge in [0, 0.05) is 12.7 Å². The summed E-state index contributed by atoms with van der Waals surface area (Å²) in [5.74, 6) is -0.803. The molecule has 78 valence electrons. The summed E-state index contributed by atoms with van der Waals surface area (Å²) in [6, 6.07) is 0.826. The lowest BCUT2D eigenvalue weighted by Gasteiger charge is -2.12. The second kappa shape index (κ2) is 3.64. The zero-order chi connectivity index (χ0) is 10.8. The second-order valence-electron chi connectivity index (χ2n) is 3.22. The third-order valence-electron chi connectivity index (χ3n) is 2.00. The van der Waals surface area contributed by atoms with Crippen LogP contribution >= 0.6 is 0 Å². The van der Waals surface area contributed by atoms with Crippen LogP contribution in [0.4, 0.5) is 9.18 Å². The summed E-state index contributed by atoms with van der Waals surface area (Å²) in [5, 5.41) is 2.14. The molecule has 0 aliphatic carbocycles. The van der Waals surface area contributed by atoms with Crippen molar-refractivity contribution in [1.82, 2.24) is 15.2 Å². The van der Waals surface area contributed by atoms with Crippen LogP contribution in [0.25, 0.3) is 0 Å². The van der Waals surface area contributed by atoms with E-state index in [1.165, 1.54) is 17.2 Å². The van der Waals surface area contributed by atoms with E-state index in [0.29, 0.717) is 5.56 Å². The number of pyridine rings is 1. The molecule has 0 unspecified atom stereocenters. The summed E-state index contributed by atoms with van der Waals surface area (Å²) < 4.78 is 12.8. The largest absolute Gasteiger partial charge is 0.324 e. The van der Waals surface area contributed by atoms with Gasteiger partial charge in [0.1, 0.15) is 12.4 Å². The summed E-state index contributed by atoms with van der Waals surface area (Å²) in [5.41, 5.74) is 0.555. The predicted molar refractivity (Wildman–Crippen MR) is 48.1 cm³/mol. The Labute approximate surface area is 84.9 Å². The van der Waals surface area contributed by atoms with Crippen molar-refractivity contribution in [3.8, 4) is 0 Å². The van der Waals surface area contributed by atoms with Gasteiger partial charge in [-0.1, -0.05) is 0 Å². The van der Waals surface area contributed by atoms with Gasteiger partial charge in [-0.15, -0.1) is 0 Å². The lowest BCUT2D eigenvalue weighted by Crippen LogP contribution is -2.27. The first-order valence-corrected chi connectivity index (χ1v) is 4.33. The fraction of sp³-hybridized carbons (Fsp3) is 0.222. The molecular weight excluding hydrogens is 201 g/mol. The molecule has 1 fully saturated rings. The van der Waals surface area contributed by atoms with Crippen LogP contribution in [0.15, 0.2) is 18.5 Å². The third kappa shape index (κ3) is 2.09. The topological polar surface area (TPSA) is 62.3 Å². The van der Waals surface area contributed by atoms with Crippen LogP contribution in [-0.4, -0.2) is 28.4 Å². The summed E-state index contributed by atoms with van der Waals surface area (Å²) in [6.07, 6.45) is 2.54. The van der Waals surface area contributed by atoms with Gasteiger partial charge in [-0.2, -0.15) is 0 Å². The molecule has 15 heavy (non-hydrogen) atoms. The van der Waals surface area contributed by atoms with Crippen molar-refractivity contribution in [3.63, 3.8) is 0 Å². The van der Waals surface area contributed by atoms with Gasteiger partial charge in [0.2, 0.25) is 5.91 Å². The van der Waals surface area contributed by atoms with Crippen LogP contribution in [0.5, 0.6) is 0 Å². The molecule has 0 bridgehead atoms. The lowest BCUT2D eigenvalue weighted by molar-refractivity contribution is -0.118. The minimum Gasteiger partial charge on any atom is -0.311 e. The van der Waals surface area contributed by atoms with Crippen LogP contribution in [0.1, 0.15) is 5.56 Å². The van der Waals surface area contributed by atoms with Crippen molar-refractivity contribution in [2.75, 3.05) is 6.54 Å². The van der Waals surface area contributed by atoms with E-state index in [2.05, 4.69) is 10.3 Å². The van der Waals surface area contributed by atoms with Gasteiger partial charge < -0.3 is 4.90 Å². The number of hydrogen-bond donors (Lipinski definition) is 1. The number of amides is 3. The highest BCUT2D eigenvalue weighted by molar-refractivity contribution is 6.01. The van der Waals surface area contributed by atoms with E-state index >= 15 is 0 Å². The number of carbonyl (C=O) groups is 2. The van der Waals surface area contributed by atoms with E-state index in [-0.39, 0.29) is 19.0 Å². The number of halogens is 1. The monoisotopic (exact) mass is 209 g/mol. The summed E-state index contributed by atoms with van der Waals surface area (Å²) in [4.78, 5) is 27.0. The first kappa shape index (κ1) is 9.57. The maximum atomic E-state index is 12.8. The standard InChI is InChI=1S/C9H8FN3O2/c10-7-1-6(2-11-3-7)4-13-5-8(14)12-9(13)15/h1-3H,4-5H2,(H,12,14,15). The van der Waals surface area contributed by atoms with Crippen LogP contribution in [0, 0.1) is 5.82 Å². The molecule has 1 aromatic rings. The molecule has 2 rings (SSSR count). The van der Waals surface area contributed by atoms with Crippen LogP contribution in [0.3, 0.4) is 0 Å². The molecule has 0 spiro atoms. The van der Waals surface area contributed by atoms with Gasteiger partial charge in [0.25, 0.3) is 0 Å². The quantitative estimate of drug-likeness (QED) is 0.711. The number of rotatable bonds is 2. The van der Waals surface area contributed by atoms with Crippen LogP contribution < -0.4 is 5.32 Å². The maximum Gasteiger partial charge on any atom is 0.324 e. The van der Waals surface area contributed by atoms with E-state index in [1.807, 2.05) is 0 Å². The smallest absolute Gasteiger partial charge is 0.311 e. The van der Waals surface area contributed by atoms with Gasteiger partial charge >= 0.3 is 6.03 Å². The predicted octanol–water partition coefficient (Wildman–Crippen LogP) is 0.273. The number of hydrogen-bond acceptors (Lipinski definition) is 3. The Bertz CT molecular complexity index is 422. The highest BCUT2D eigenvalue weighted by Gasteiger charge is 2.26. The third-order valence-corrected chi connectivity index (χ3v) is 2.00. The highest BCUT2D eigenvalue weighted by Crippen LogP contribution is 2.07. The molecule has 1 N–H and O–H groups in total. The van der Waals surface area contributed by atoms with Gasteiger partial charge in [0.05, 0.1) is 6.20 Å². The minimum atomic E-state index is -0.460. The van der Waals surface area contributed by atoms with E-state index < -0.39 is 11.8 Å². The molecule has 6 heteroatoms. The molecule has 0 atom stereocenters. The minimum absolute atomic E-state index is 0.00927. The van der Waals surface area contributed by atoms with Gasteiger partial charge in [-0.3, -0.25) is 15.1 Å². The summed E-state index contributed by atoms with van der Waals surface area (Å²) in [7, 11) is 0. The Morgan fingerprint density at radius 1 is 1.47 bits per heavy atom. The molecule has 1 aliphatic heterocycles. The van der Waals surface area contributed by atoms with E-state index in [1.54, 1.807) is 0 Å². The Morgan fingerprint density at radius 3 is 2.87 bits per heavy atom. The summed E-state index contributed by atoms with van der Waals surface area (Å²) in [6.45, 7) is 0.192. The molecule has 3 amide bonds. The van der Waals surface area contributed by atoms with Gasteiger partial charge in [0.15, 0.2) is 0 Å². The molecule has 1 aromatic heterocycles. The Morgan fingerprint density at radius 2 is 2.27 bits per heavy atom. The zero-order valence-corrected chi connectivity index (χ0v) is 7.74. The first-order valence-electron chi connectivity index (χ1n) is 4.33. The highest BCUT2D eigenvalue weighted by atomic mass is 19.1. The molecular formula is C9H8FN3O2. The molecule has 5 nitrogen and oxygen atoms in total. The van der Waals surface area contributed by atoms with Crippen LogP contribution in [0.2, 0.25) is 0 Å².